The van der Waals surface area contributed by atoms with Gasteiger partial charge in [0.15, 0.2) is 0 Å². The zero-order valence-corrected chi connectivity index (χ0v) is 14.7. The van der Waals surface area contributed by atoms with Crippen LogP contribution in [0.2, 0.25) is 5.02 Å². The molecule has 0 aliphatic carbocycles. The summed E-state index contributed by atoms with van der Waals surface area (Å²) >= 11 is 6.07. The number of para-hydroxylation sites is 2. The van der Waals surface area contributed by atoms with Gasteiger partial charge in [0.1, 0.15) is 17.3 Å². The molecular formula is C18H18ClN3O3. The molecular weight excluding hydrogens is 342 g/mol. The second kappa shape index (κ2) is 7.44. The molecule has 25 heavy (non-hydrogen) atoms. The average molecular weight is 360 g/mol. The molecule has 0 unspecified atom stereocenters. The van der Waals surface area contributed by atoms with Crippen molar-refractivity contribution in [2.75, 3.05) is 19.5 Å². The topological polar surface area (TPSA) is 76.2 Å². The average Bonchev–Trinajstić information content (AvgIpc) is 3.04. The molecule has 7 heteroatoms. The van der Waals surface area contributed by atoms with Crippen LogP contribution in [0.1, 0.15) is 12.2 Å². The predicted octanol–water partition coefficient (Wildman–Crippen LogP) is 3.80. The van der Waals surface area contributed by atoms with E-state index >= 15 is 0 Å². The third-order valence-electron chi connectivity index (χ3n) is 3.78. The summed E-state index contributed by atoms with van der Waals surface area (Å²) in [6.45, 7) is 0. The second-order valence-corrected chi connectivity index (χ2v) is 5.84. The Kier molecular flexibility index (Phi) is 5.09. The van der Waals surface area contributed by atoms with Gasteiger partial charge in [-0.3, -0.25) is 4.79 Å². The van der Waals surface area contributed by atoms with Crippen LogP contribution in [0.25, 0.3) is 11.0 Å². The molecule has 2 N–H and O–H groups in total. The molecule has 6 nitrogen and oxygen atoms in total. The minimum absolute atomic E-state index is 0.150. The lowest BCUT2D eigenvalue weighted by molar-refractivity contribution is -0.116. The first-order valence-electron chi connectivity index (χ1n) is 7.75. The number of imidazole rings is 1. The lowest BCUT2D eigenvalue weighted by Gasteiger charge is -2.13. The zero-order chi connectivity index (χ0) is 17.8. The first-order chi connectivity index (χ1) is 12.1. The Morgan fingerprint density at radius 3 is 2.68 bits per heavy atom. The van der Waals surface area contributed by atoms with Gasteiger partial charge in [-0.25, -0.2) is 4.98 Å². The van der Waals surface area contributed by atoms with Gasteiger partial charge in [-0.15, -0.1) is 0 Å². The molecule has 1 heterocycles. The Balaban J connectivity index is 1.68. The molecule has 130 valence electrons. The van der Waals surface area contributed by atoms with E-state index in [1.54, 1.807) is 12.1 Å². The number of ether oxygens (including phenoxy) is 2. The van der Waals surface area contributed by atoms with Gasteiger partial charge >= 0.3 is 0 Å². The van der Waals surface area contributed by atoms with E-state index in [4.69, 9.17) is 21.1 Å². The molecule has 1 aromatic heterocycles. The fraction of sp³-hybridized carbons (Fsp3) is 0.222. The van der Waals surface area contributed by atoms with Crippen molar-refractivity contribution >= 4 is 34.2 Å². The van der Waals surface area contributed by atoms with Crippen molar-refractivity contribution in [3.63, 3.8) is 0 Å². The first-order valence-corrected chi connectivity index (χ1v) is 8.13. The van der Waals surface area contributed by atoms with E-state index in [0.717, 1.165) is 16.9 Å². The minimum Gasteiger partial charge on any atom is -0.495 e. The maximum absolute atomic E-state index is 12.3. The highest BCUT2D eigenvalue weighted by Gasteiger charge is 2.13. The molecule has 0 saturated carbocycles. The van der Waals surface area contributed by atoms with E-state index in [9.17, 15) is 4.79 Å². The number of benzene rings is 2. The summed E-state index contributed by atoms with van der Waals surface area (Å²) in [6, 6.07) is 11.0. The van der Waals surface area contributed by atoms with Gasteiger partial charge < -0.3 is 19.8 Å². The second-order valence-electron chi connectivity index (χ2n) is 5.44. The highest BCUT2D eigenvalue weighted by atomic mass is 35.5. The highest BCUT2D eigenvalue weighted by Crippen LogP contribution is 2.35. The standard InChI is InChI=1S/C18H18ClN3O3/c1-24-15-10-14(16(25-2)9-11(15)19)22-18(23)8-7-17-20-12-5-3-4-6-13(12)21-17/h3-6,9-10H,7-8H2,1-2H3,(H,20,21)(H,22,23). The van der Waals surface area contributed by atoms with E-state index in [-0.39, 0.29) is 12.3 Å². The van der Waals surface area contributed by atoms with Crippen LogP contribution >= 0.6 is 11.6 Å². The molecule has 0 aliphatic heterocycles. The Morgan fingerprint density at radius 1 is 1.20 bits per heavy atom. The van der Waals surface area contributed by atoms with Crippen molar-refractivity contribution < 1.29 is 14.3 Å². The van der Waals surface area contributed by atoms with Crippen LogP contribution in [0.5, 0.6) is 11.5 Å². The van der Waals surface area contributed by atoms with Crippen LogP contribution in [-0.4, -0.2) is 30.1 Å². The van der Waals surface area contributed by atoms with Crippen molar-refractivity contribution in [3.05, 3.63) is 47.2 Å². The number of rotatable bonds is 6. The summed E-state index contributed by atoms with van der Waals surface area (Å²) in [5, 5.41) is 3.24. The van der Waals surface area contributed by atoms with Crippen LogP contribution in [0, 0.1) is 0 Å². The van der Waals surface area contributed by atoms with Crippen LogP contribution in [0.3, 0.4) is 0 Å². The summed E-state index contributed by atoms with van der Waals surface area (Å²) in [7, 11) is 3.03. The lowest BCUT2D eigenvalue weighted by atomic mass is 10.2. The van der Waals surface area contributed by atoms with Crippen LogP contribution in [-0.2, 0) is 11.2 Å². The molecule has 0 saturated heterocycles. The van der Waals surface area contributed by atoms with Gasteiger partial charge in [0, 0.05) is 25.0 Å². The number of aromatic amines is 1. The number of carbonyl (C=O) groups excluding carboxylic acids is 1. The fourth-order valence-corrected chi connectivity index (χ4v) is 2.76. The van der Waals surface area contributed by atoms with Crippen molar-refractivity contribution in [3.8, 4) is 11.5 Å². The van der Waals surface area contributed by atoms with Crippen LogP contribution in [0.15, 0.2) is 36.4 Å². The summed E-state index contributed by atoms with van der Waals surface area (Å²) < 4.78 is 10.4. The number of amides is 1. The molecule has 0 radical (unpaired) electrons. The SMILES string of the molecule is COc1cc(NC(=O)CCc2nc3ccccc3[nH]2)c(OC)cc1Cl. The van der Waals surface area contributed by atoms with Gasteiger partial charge in [0.2, 0.25) is 5.91 Å². The number of methoxy groups -OCH3 is 2. The number of hydrogen-bond donors (Lipinski definition) is 2. The summed E-state index contributed by atoms with van der Waals surface area (Å²) in [5.41, 5.74) is 2.36. The molecule has 0 spiro atoms. The lowest BCUT2D eigenvalue weighted by Crippen LogP contribution is -2.13. The Hall–Kier alpha value is -2.73. The molecule has 0 fully saturated rings. The van der Waals surface area contributed by atoms with Crippen molar-refractivity contribution in [2.45, 2.75) is 12.8 Å². The minimum atomic E-state index is -0.150. The number of nitrogens with one attached hydrogen (secondary N) is 2. The molecule has 1 amide bonds. The van der Waals surface area contributed by atoms with Crippen LogP contribution < -0.4 is 14.8 Å². The fourth-order valence-electron chi connectivity index (χ4n) is 2.53. The molecule has 0 atom stereocenters. The van der Waals surface area contributed by atoms with Gasteiger partial charge in [-0.1, -0.05) is 23.7 Å². The number of nitrogens with zero attached hydrogens (tertiary/aromatic N) is 1. The Bertz CT molecular complexity index is 875. The number of halogens is 1. The van der Waals surface area contributed by atoms with E-state index in [1.807, 2.05) is 24.3 Å². The van der Waals surface area contributed by atoms with E-state index in [1.165, 1.54) is 14.2 Å². The quantitative estimate of drug-likeness (QED) is 0.701. The summed E-state index contributed by atoms with van der Waals surface area (Å²) in [6.07, 6.45) is 0.793. The number of hydrogen-bond acceptors (Lipinski definition) is 4. The third kappa shape index (κ3) is 3.85. The van der Waals surface area contributed by atoms with Crippen LogP contribution in [0.4, 0.5) is 5.69 Å². The third-order valence-corrected chi connectivity index (χ3v) is 4.07. The number of H-pyrrole nitrogens is 1. The summed E-state index contributed by atoms with van der Waals surface area (Å²) in [5.74, 6) is 1.57. The highest BCUT2D eigenvalue weighted by molar-refractivity contribution is 6.32. The van der Waals surface area contributed by atoms with E-state index in [0.29, 0.717) is 28.6 Å². The maximum Gasteiger partial charge on any atom is 0.224 e. The van der Waals surface area contributed by atoms with Crippen molar-refractivity contribution in [2.24, 2.45) is 0 Å². The van der Waals surface area contributed by atoms with E-state index < -0.39 is 0 Å². The Labute approximate surface area is 150 Å². The van der Waals surface area contributed by atoms with Gasteiger partial charge in [0.05, 0.1) is 36.0 Å². The zero-order valence-electron chi connectivity index (χ0n) is 13.9. The van der Waals surface area contributed by atoms with Gasteiger partial charge in [-0.05, 0) is 12.1 Å². The van der Waals surface area contributed by atoms with Gasteiger partial charge in [-0.2, -0.15) is 0 Å². The maximum atomic E-state index is 12.3. The molecule has 0 aliphatic rings. The van der Waals surface area contributed by atoms with E-state index in [2.05, 4.69) is 15.3 Å². The first kappa shape index (κ1) is 17.1. The smallest absolute Gasteiger partial charge is 0.224 e. The normalized spacial score (nSPS) is 10.7. The monoisotopic (exact) mass is 359 g/mol. The molecule has 0 bridgehead atoms. The van der Waals surface area contributed by atoms with Gasteiger partial charge in [0.25, 0.3) is 0 Å². The number of aryl methyl sites for hydroxylation is 1. The van der Waals surface area contributed by atoms with Crippen molar-refractivity contribution in [1.29, 1.82) is 0 Å². The number of anilines is 1. The number of aromatic nitrogens is 2. The summed E-state index contributed by atoms with van der Waals surface area (Å²) in [4.78, 5) is 19.9. The Morgan fingerprint density at radius 2 is 1.96 bits per heavy atom. The number of carbonyl (C=O) groups is 1. The predicted molar refractivity (Wildman–Crippen MR) is 97.6 cm³/mol. The largest absolute Gasteiger partial charge is 0.495 e. The van der Waals surface area contributed by atoms with Crippen molar-refractivity contribution in [1.82, 2.24) is 9.97 Å². The molecule has 3 rings (SSSR count). The molecule has 2 aromatic carbocycles. The molecule has 3 aromatic rings. The number of fused-ring (bicyclic) bond motifs is 1.